The van der Waals surface area contributed by atoms with E-state index >= 15 is 0 Å². The van der Waals surface area contributed by atoms with Gasteiger partial charge < -0.3 is 25.3 Å². The number of hydrogen-bond donors (Lipinski definition) is 2. The minimum atomic E-state index is -0.223. The van der Waals surface area contributed by atoms with Crippen LogP contribution in [0.15, 0.2) is 54.7 Å². The Bertz CT molecular complexity index is 982. The molecule has 2 aromatic carbocycles. The van der Waals surface area contributed by atoms with Gasteiger partial charge in [0, 0.05) is 63.8 Å². The van der Waals surface area contributed by atoms with E-state index in [1.807, 2.05) is 43.3 Å². The van der Waals surface area contributed by atoms with Gasteiger partial charge in [0.2, 0.25) is 5.91 Å². The van der Waals surface area contributed by atoms with Gasteiger partial charge in [-0.2, -0.15) is 0 Å². The molecule has 0 saturated carbocycles. The van der Waals surface area contributed by atoms with E-state index in [1.165, 1.54) is 0 Å². The molecular formula is C24H29Cl2N5O2. The maximum atomic E-state index is 12.6. The van der Waals surface area contributed by atoms with Crippen molar-refractivity contribution in [3.05, 3.63) is 64.8 Å². The van der Waals surface area contributed by atoms with Crippen LogP contribution in [0.4, 0.5) is 21.9 Å². The lowest BCUT2D eigenvalue weighted by atomic mass is 10.2. The molecule has 2 N–H and O–H groups in total. The first kappa shape index (κ1) is 24.7. The lowest BCUT2D eigenvalue weighted by molar-refractivity contribution is -0.116. The molecule has 1 aliphatic heterocycles. The number of nitrogens with one attached hydrogen (secondary N) is 2. The Balaban J connectivity index is 1.48. The van der Waals surface area contributed by atoms with E-state index in [9.17, 15) is 9.59 Å². The minimum Gasteiger partial charge on any atom is -0.381 e. The second-order valence-corrected chi connectivity index (χ2v) is 8.87. The molecule has 33 heavy (non-hydrogen) atoms. The summed E-state index contributed by atoms with van der Waals surface area (Å²) in [6.07, 6.45) is 1.01. The lowest BCUT2D eigenvalue weighted by Gasteiger charge is -2.36. The summed E-state index contributed by atoms with van der Waals surface area (Å²) >= 11 is 12.3. The van der Waals surface area contributed by atoms with Crippen LogP contribution >= 0.6 is 23.2 Å². The van der Waals surface area contributed by atoms with Crippen LogP contribution in [0.1, 0.15) is 12.8 Å². The summed E-state index contributed by atoms with van der Waals surface area (Å²) in [4.78, 5) is 30.6. The fourth-order valence-corrected chi connectivity index (χ4v) is 3.92. The Labute approximate surface area is 204 Å². The van der Waals surface area contributed by atoms with Gasteiger partial charge in [-0.1, -0.05) is 35.8 Å². The average Bonchev–Trinajstić information content (AvgIpc) is 2.80. The van der Waals surface area contributed by atoms with E-state index in [1.54, 1.807) is 23.1 Å². The van der Waals surface area contributed by atoms with Gasteiger partial charge >= 0.3 is 6.03 Å². The standard InChI is InChI=1S/C24H29Cl2N5O2/c1-17(29(2)3)7-12-22(32)27-18-8-10-19(11-9-18)30-13-15-31(16-14-30)24(33)28-23-20(25)5-4-6-21(23)26/h4-6,8-11H,1,7,12-16H2,2-3H3,(H,27,32)(H,28,33). The number of carbonyl (C=O) groups is 2. The molecule has 1 heterocycles. The van der Waals surface area contributed by atoms with Crippen LogP contribution in [0.2, 0.25) is 10.0 Å². The molecule has 0 aromatic heterocycles. The number of nitrogens with zero attached hydrogens (tertiary/aromatic N) is 3. The summed E-state index contributed by atoms with van der Waals surface area (Å²) in [7, 11) is 3.83. The van der Waals surface area contributed by atoms with E-state index in [0.29, 0.717) is 54.8 Å². The number of para-hydroxylation sites is 1. The Kier molecular flexibility index (Phi) is 8.47. The van der Waals surface area contributed by atoms with Gasteiger partial charge in [0.05, 0.1) is 15.7 Å². The number of urea groups is 1. The van der Waals surface area contributed by atoms with Crippen LogP contribution in [0.25, 0.3) is 0 Å². The first-order chi connectivity index (χ1) is 15.7. The van der Waals surface area contributed by atoms with E-state index in [-0.39, 0.29) is 11.9 Å². The highest BCUT2D eigenvalue weighted by Crippen LogP contribution is 2.30. The van der Waals surface area contributed by atoms with Gasteiger partial charge in [0.1, 0.15) is 0 Å². The van der Waals surface area contributed by atoms with Crippen molar-refractivity contribution in [3.63, 3.8) is 0 Å². The normalized spacial score (nSPS) is 13.5. The predicted octanol–water partition coefficient (Wildman–Crippen LogP) is 5.14. The van der Waals surface area contributed by atoms with Crippen molar-refractivity contribution in [1.82, 2.24) is 9.80 Å². The number of hydrogen-bond acceptors (Lipinski definition) is 4. The number of halogens is 2. The second-order valence-electron chi connectivity index (χ2n) is 8.06. The van der Waals surface area contributed by atoms with Crippen LogP contribution < -0.4 is 15.5 Å². The van der Waals surface area contributed by atoms with Gasteiger partial charge in [-0.05, 0) is 42.8 Å². The number of anilines is 3. The fourth-order valence-electron chi connectivity index (χ4n) is 3.43. The van der Waals surface area contributed by atoms with Crippen molar-refractivity contribution >= 4 is 52.2 Å². The van der Waals surface area contributed by atoms with Crippen molar-refractivity contribution in [2.24, 2.45) is 0 Å². The largest absolute Gasteiger partial charge is 0.381 e. The first-order valence-corrected chi connectivity index (χ1v) is 11.5. The lowest BCUT2D eigenvalue weighted by Crippen LogP contribution is -2.50. The van der Waals surface area contributed by atoms with E-state index in [0.717, 1.165) is 17.1 Å². The molecule has 1 aliphatic rings. The Morgan fingerprint density at radius 1 is 0.939 bits per heavy atom. The third kappa shape index (κ3) is 6.79. The monoisotopic (exact) mass is 489 g/mol. The highest BCUT2D eigenvalue weighted by Gasteiger charge is 2.22. The third-order valence-corrected chi connectivity index (χ3v) is 6.18. The molecule has 0 unspecified atom stereocenters. The molecule has 0 radical (unpaired) electrons. The SMILES string of the molecule is C=C(CCC(=O)Nc1ccc(N2CCN(C(=O)Nc3c(Cl)cccc3Cl)CC2)cc1)N(C)C. The van der Waals surface area contributed by atoms with Crippen LogP contribution in [-0.4, -0.2) is 62.0 Å². The molecule has 176 valence electrons. The van der Waals surface area contributed by atoms with Crippen molar-refractivity contribution in [3.8, 4) is 0 Å². The van der Waals surface area contributed by atoms with Gasteiger partial charge in [-0.15, -0.1) is 0 Å². The average molecular weight is 490 g/mol. The van der Waals surface area contributed by atoms with Crippen molar-refractivity contribution in [2.45, 2.75) is 12.8 Å². The zero-order chi connectivity index (χ0) is 24.0. The topological polar surface area (TPSA) is 67.9 Å². The van der Waals surface area contributed by atoms with Crippen molar-refractivity contribution in [2.75, 3.05) is 55.8 Å². The molecule has 0 bridgehead atoms. The van der Waals surface area contributed by atoms with Crippen LogP contribution in [-0.2, 0) is 4.79 Å². The van der Waals surface area contributed by atoms with Crippen LogP contribution in [0.3, 0.4) is 0 Å². The Morgan fingerprint density at radius 2 is 1.55 bits per heavy atom. The molecule has 3 amide bonds. The fraction of sp³-hybridized carbons (Fsp3) is 0.333. The zero-order valence-corrected chi connectivity index (χ0v) is 20.4. The summed E-state index contributed by atoms with van der Waals surface area (Å²) in [6, 6.07) is 12.6. The number of benzene rings is 2. The van der Waals surface area contributed by atoms with E-state index in [4.69, 9.17) is 23.2 Å². The number of amides is 3. The number of piperazine rings is 1. The van der Waals surface area contributed by atoms with E-state index in [2.05, 4.69) is 22.1 Å². The Morgan fingerprint density at radius 3 is 2.12 bits per heavy atom. The Hall–Kier alpha value is -2.90. The molecule has 0 atom stereocenters. The van der Waals surface area contributed by atoms with Gasteiger partial charge in [-0.3, -0.25) is 4.79 Å². The maximum Gasteiger partial charge on any atom is 0.322 e. The number of rotatable bonds is 7. The molecular weight excluding hydrogens is 461 g/mol. The number of carbonyl (C=O) groups excluding carboxylic acids is 2. The smallest absolute Gasteiger partial charge is 0.322 e. The number of allylic oxidation sites excluding steroid dienone is 1. The zero-order valence-electron chi connectivity index (χ0n) is 18.9. The van der Waals surface area contributed by atoms with Crippen molar-refractivity contribution in [1.29, 1.82) is 0 Å². The predicted molar refractivity (Wildman–Crippen MR) is 136 cm³/mol. The summed E-state index contributed by atoms with van der Waals surface area (Å²) in [5.41, 5.74) is 3.15. The molecule has 9 heteroatoms. The summed E-state index contributed by atoms with van der Waals surface area (Å²) in [5.74, 6) is -0.0380. The summed E-state index contributed by atoms with van der Waals surface area (Å²) in [6.45, 7) is 6.48. The van der Waals surface area contributed by atoms with Gasteiger partial charge in [0.25, 0.3) is 0 Å². The van der Waals surface area contributed by atoms with Gasteiger partial charge in [-0.25, -0.2) is 4.79 Å². The van der Waals surface area contributed by atoms with Crippen LogP contribution in [0, 0.1) is 0 Å². The van der Waals surface area contributed by atoms with Gasteiger partial charge in [0.15, 0.2) is 0 Å². The quantitative estimate of drug-likeness (QED) is 0.564. The highest BCUT2D eigenvalue weighted by molar-refractivity contribution is 6.39. The first-order valence-electron chi connectivity index (χ1n) is 10.7. The van der Waals surface area contributed by atoms with E-state index < -0.39 is 0 Å². The third-order valence-electron chi connectivity index (χ3n) is 5.55. The molecule has 0 spiro atoms. The maximum absolute atomic E-state index is 12.6. The van der Waals surface area contributed by atoms with Crippen LogP contribution in [0.5, 0.6) is 0 Å². The molecule has 3 rings (SSSR count). The summed E-state index contributed by atoms with van der Waals surface area (Å²) in [5, 5.41) is 6.54. The molecule has 2 aromatic rings. The second kappa shape index (κ2) is 11.3. The molecule has 1 fully saturated rings. The molecule has 0 aliphatic carbocycles. The molecule has 7 nitrogen and oxygen atoms in total. The summed E-state index contributed by atoms with van der Waals surface area (Å²) < 4.78 is 0. The molecule has 1 saturated heterocycles. The minimum absolute atomic E-state index is 0.0380. The van der Waals surface area contributed by atoms with Crippen molar-refractivity contribution < 1.29 is 9.59 Å². The highest BCUT2D eigenvalue weighted by atomic mass is 35.5.